The Morgan fingerprint density at radius 2 is 1.74 bits per heavy atom. The van der Waals surface area contributed by atoms with Crippen LogP contribution in [0.3, 0.4) is 0 Å². The summed E-state index contributed by atoms with van der Waals surface area (Å²) in [5, 5.41) is 2.37. The molecule has 1 aliphatic heterocycles. The van der Waals surface area contributed by atoms with Crippen molar-refractivity contribution < 1.29 is 9.59 Å². The van der Waals surface area contributed by atoms with E-state index < -0.39 is 0 Å². The minimum absolute atomic E-state index is 0.163. The van der Waals surface area contributed by atoms with Gasteiger partial charge in [0, 0.05) is 6.42 Å². The fourth-order valence-corrected chi connectivity index (χ4v) is 1.90. The molecule has 0 aliphatic carbocycles. The highest BCUT2D eigenvalue weighted by Crippen LogP contribution is 2.24. The first-order valence-electron chi connectivity index (χ1n) is 7.07. The zero-order valence-electron chi connectivity index (χ0n) is 12.6. The topological polar surface area (TPSA) is 46.2 Å². The van der Waals surface area contributed by atoms with Crippen LogP contribution in [0, 0.1) is 6.92 Å². The molecule has 1 saturated heterocycles. The van der Waals surface area contributed by atoms with Crippen LogP contribution in [0.2, 0.25) is 0 Å². The van der Waals surface area contributed by atoms with E-state index in [2.05, 4.69) is 5.32 Å². The molecule has 1 aromatic carbocycles. The molecule has 1 fully saturated rings. The maximum absolute atomic E-state index is 11.6. The van der Waals surface area contributed by atoms with Crippen LogP contribution in [0.15, 0.2) is 24.3 Å². The van der Waals surface area contributed by atoms with E-state index in [0.717, 1.165) is 11.1 Å². The molecule has 0 aromatic heterocycles. The molecule has 0 bridgehead atoms. The predicted octanol–water partition coefficient (Wildman–Crippen LogP) is 3.57. The van der Waals surface area contributed by atoms with E-state index in [4.69, 9.17) is 0 Å². The van der Waals surface area contributed by atoms with Crippen LogP contribution in [0.4, 0.5) is 0 Å². The molecule has 1 heterocycles. The van der Waals surface area contributed by atoms with Gasteiger partial charge in [-0.1, -0.05) is 57.5 Å². The molecule has 0 saturated carbocycles. The quantitative estimate of drug-likeness (QED) is 0.787. The molecular formula is C16H25NO2. The number of benzene rings is 1. The molecule has 2 amide bonds. The molecule has 1 atom stereocenters. The van der Waals surface area contributed by atoms with Crippen LogP contribution in [0.1, 0.15) is 57.6 Å². The molecule has 1 aliphatic rings. The van der Waals surface area contributed by atoms with Gasteiger partial charge in [0.05, 0.1) is 5.92 Å². The van der Waals surface area contributed by atoms with Gasteiger partial charge in [0.25, 0.3) is 0 Å². The molecular weight excluding hydrogens is 238 g/mol. The standard InChI is InChI=1S/C12H13NO2.2C2H6/c1-8-3-2-4-9(7-8)10-5-6-11(14)13-12(10)15;2*1-2/h2-4,7,10H,5-6H2,1H3,(H,13,14,15);2*1-2H3. The average molecular weight is 263 g/mol. The zero-order valence-corrected chi connectivity index (χ0v) is 12.6. The summed E-state index contributed by atoms with van der Waals surface area (Å²) in [6.45, 7) is 10.00. The fraction of sp³-hybridized carbons (Fsp3) is 0.500. The molecule has 106 valence electrons. The number of carbonyl (C=O) groups excluding carboxylic acids is 2. The summed E-state index contributed by atoms with van der Waals surface area (Å²) in [6.07, 6.45) is 1.05. The summed E-state index contributed by atoms with van der Waals surface area (Å²) in [5.41, 5.74) is 2.14. The molecule has 1 N–H and O–H groups in total. The number of hydrogen-bond donors (Lipinski definition) is 1. The predicted molar refractivity (Wildman–Crippen MR) is 79.0 cm³/mol. The number of amides is 2. The first-order chi connectivity index (χ1) is 9.16. The number of carbonyl (C=O) groups is 2. The average Bonchev–Trinajstić information content (AvgIpc) is 2.43. The van der Waals surface area contributed by atoms with Crippen molar-refractivity contribution >= 4 is 11.8 Å². The van der Waals surface area contributed by atoms with Crippen LogP contribution in [0.25, 0.3) is 0 Å². The SMILES string of the molecule is CC.CC.Cc1cccc(C2CCC(=O)NC2=O)c1. The molecule has 1 unspecified atom stereocenters. The van der Waals surface area contributed by atoms with Gasteiger partial charge in [-0.25, -0.2) is 0 Å². The lowest BCUT2D eigenvalue weighted by Gasteiger charge is -2.21. The van der Waals surface area contributed by atoms with Crippen molar-refractivity contribution in [2.45, 2.75) is 53.4 Å². The van der Waals surface area contributed by atoms with Gasteiger partial charge >= 0.3 is 0 Å². The van der Waals surface area contributed by atoms with Gasteiger partial charge in [0.2, 0.25) is 11.8 Å². The molecule has 0 spiro atoms. The Bertz CT molecular complexity index is 413. The summed E-state index contributed by atoms with van der Waals surface area (Å²) in [6, 6.07) is 7.87. The summed E-state index contributed by atoms with van der Waals surface area (Å²) in [5.74, 6) is -0.497. The Balaban J connectivity index is 0.000000741. The van der Waals surface area contributed by atoms with Crippen LogP contribution in [0.5, 0.6) is 0 Å². The van der Waals surface area contributed by atoms with E-state index in [1.165, 1.54) is 0 Å². The van der Waals surface area contributed by atoms with E-state index in [0.29, 0.717) is 12.8 Å². The minimum atomic E-state index is -0.170. The van der Waals surface area contributed by atoms with Gasteiger partial charge in [-0.2, -0.15) is 0 Å². The first kappa shape index (κ1) is 17.4. The summed E-state index contributed by atoms with van der Waals surface area (Å²) in [7, 11) is 0. The summed E-state index contributed by atoms with van der Waals surface area (Å²) in [4.78, 5) is 22.6. The zero-order chi connectivity index (χ0) is 14.8. The van der Waals surface area contributed by atoms with Crippen molar-refractivity contribution in [1.29, 1.82) is 0 Å². The van der Waals surface area contributed by atoms with Crippen LogP contribution >= 0.6 is 0 Å². The second-order valence-electron chi connectivity index (χ2n) is 3.92. The molecule has 3 heteroatoms. The van der Waals surface area contributed by atoms with Crippen LogP contribution < -0.4 is 5.32 Å². The lowest BCUT2D eigenvalue weighted by atomic mass is 9.90. The van der Waals surface area contributed by atoms with Crippen LogP contribution in [-0.4, -0.2) is 11.8 Å². The van der Waals surface area contributed by atoms with Crippen molar-refractivity contribution in [2.75, 3.05) is 0 Å². The highest BCUT2D eigenvalue weighted by molar-refractivity contribution is 6.00. The Morgan fingerprint density at radius 1 is 1.11 bits per heavy atom. The van der Waals surface area contributed by atoms with E-state index in [1.807, 2.05) is 58.9 Å². The van der Waals surface area contributed by atoms with E-state index in [1.54, 1.807) is 0 Å². The van der Waals surface area contributed by atoms with E-state index >= 15 is 0 Å². The highest BCUT2D eigenvalue weighted by Gasteiger charge is 2.27. The maximum Gasteiger partial charge on any atom is 0.234 e. The van der Waals surface area contributed by atoms with Crippen molar-refractivity contribution in [2.24, 2.45) is 0 Å². The molecule has 19 heavy (non-hydrogen) atoms. The van der Waals surface area contributed by atoms with Gasteiger partial charge in [-0.3, -0.25) is 14.9 Å². The molecule has 3 nitrogen and oxygen atoms in total. The van der Waals surface area contributed by atoms with Crippen molar-refractivity contribution in [3.05, 3.63) is 35.4 Å². The Labute approximate surface area is 116 Å². The highest BCUT2D eigenvalue weighted by atomic mass is 16.2. The Morgan fingerprint density at radius 3 is 2.26 bits per heavy atom. The van der Waals surface area contributed by atoms with Gasteiger partial charge in [0.15, 0.2) is 0 Å². The number of rotatable bonds is 1. The van der Waals surface area contributed by atoms with E-state index in [9.17, 15) is 9.59 Å². The molecule has 2 rings (SSSR count). The maximum atomic E-state index is 11.6. The monoisotopic (exact) mass is 263 g/mol. The second-order valence-corrected chi connectivity index (χ2v) is 3.92. The smallest absolute Gasteiger partial charge is 0.234 e. The largest absolute Gasteiger partial charge is 0.296 e. The molecule has 1 aromatic rings. The Kier molecular flexibility index (Phi) is 8.51. The summed E-state index contributed by atoms with van der Waals surface area (Å²) >= 11 is 0. The van der Waals surface area contributed by atoms with Gasteiger partial charge in [0.1, 0.15) is 0 Å². The number of imide groups is 1. The third-order valence-electron chi connectivity index (χ3n) is 2.68. The number of hydrogen-bond acceptors (Lipinski definition) is 2. The molecule has 0 radical (unpaired) electrons. The van der Waals surface area contributed by atoms with E-state index in [-0.39, 0.29) is 17.7 Å². The third kappa shape index (κ3) is 5.25. The fourth-order valence-electron chi connectivity index (χ4n) is 1.90. The lowest BCUT2D eigenvalue weighted by Crippen LogP contribution is -2.39. The summed E-state index contributed by atoms with van der Waals surface area (Å²) < 4.78 is 0. The third-order valence-corrected chi connectivity index (χ3v) is 2.68. The minimum Gasteiger partial charge on any atom is -0.296 e. The van der Waals surface area contributed by atoms with Gasteiger partial charge in [-0.05, 0) is 18.9 Å². The second kappa shape index (κ2) is 9.31. The van der Waals surface area contributed by atoms with Crippen molar-refractivity contribution in [3.63, 3.8) is 0 Å². The number of piperidine rings is 1. The van der Waals surface area contributed by atoms with Crippen LogP contribution in [-0.2, 0) is 9.59 Å². The normalized spacial score (nSPS) is 17.4. The van der Waals surface area contributed by atoms with Gasteiger partial charge in [-0.15, -0.1) is 0 Å². The lowest BCUT2D eigenvalue weighted by molar-refractivity contribution is -0.134. The number of aryl methyl sites for hydroxylation is 1. The van der Waals surface area contributed by atoms with Gasteiger partial charge < -0.3 is 0 Å². The Hall–Kier alpha value is -1.64. The van der Waals surface area contributed by atoms with Crippen molar-refractivity contribution in [3.8, 4) is 0 Å². The number of nitrogens with one attached hydrogen (secondary N) is 1. The first-order valence-corrected chi connectivity index (χ1v) is 7.07. The van der Waals surface area contributed by atoms with Crippen molar-refractivity contribution in [1.82, 2.24) is 5.32 Å².